The molecule has 2 atom stereocenters. The van der Waals surface area contributed by atoms with Crippen molar-refractivity contribution in [1.29, 1.82) is 0 Å². The number of nitrogens with one attached hydrogen (secondary N) is 1. The number of halogens is 3. The third kappa shape index (κ3) is 5.10. The van der Waals surface area contributed by atoms with Gasteiger partial charge in [0.05, 0.1) is 30.9 Å². The molecule has 0 unspecified atom stereocenters. The highest BCUT2D eigenvalue weighted by Crippen LogP contribution is 2.29. The van der Waals surface area contributed by atoms with Crippen LogP contribution in [0.25, 0.3) is 0 Å². The maximum atomic E-state index is 12.5. The molecule has 8 heteroatoms. The molecule has 2 rings (SSSR count). The summed E-state index contributed by atoms with van der Waals surface area (Å²) in [5, 5.41) is 2.72. The number of hydrogen-bond acceptors (Lipinski definition) is 3. The number of alkyl halides is 3. The maximum absolute atomic E-state index is 12.5. The van der Waals surface area contributed by atoms with Crippen molar-refractivity contribution in [2.45, 2.75) is 31.9 Å². The SMILES string of the molecule is COC[C@H]1CN(C(=O)NCc2ccc(C(F)(F)F)cc2)C[C@@H](C)O1. The van der Waals surface area contributed by atoms with Crippen molar-refractivity contribution < 1.29 is 27.4 Å². The van der Waals surface area contributed by atoms with E-state index in [9.17, 15) is 18.0 Å². The van der Waals surface area contributed by atoms with Gasteiger partial charge in [-0.2, -0.15) is 13.2 Å². The van der Waals surface area contributed by atoms with Crippen molar-refractivity contribution in [3.05, 3.63) is 35.4 Å². The second-order valence-corrected chi connectivity index (χ2v) is 5.78. The minimum Gasteiger partial charge on any atom is -0.382 e. The molecule has 0 aliphatic carbocycles. The molecule has 1 aromatic carbocycles. The number of methoxy groups -OCH3 is 1. The first-order valence-electron chi connectivity index (χ1n) is 7.63. The first-order chi connectivity index (χ1) is 11.3. The summed E-state index contributed by atoms with van der Waals surface area (Å²) in [5.41, 5.74) is -0.104. The van der Waals surface area contributed by atoms with E-state index in [0.717, 1.165) is 12.1 Å². The Morgan fingerprint density at radius 1 is 1.33 bits per heavy atom. The van der Waals surface area contributed by atoms with Crippen molar-refractivity contribution in [3.8, 4) is 0 Å². The quantitative estimate of drug-likeness (QED) is 0.912. The Bertz CT molecular complexity index is 548. The van der Waals surface area contributed by atoms with E-state index in [4.69, 9.17) is 9.47 Å². The number of urea groups is 1. The summed E-state index contributed by atoms with van der Waals surface area (Å²) in [5.74, 6) is 0. The Morgan fingerprint density at radius 3 is 2.58 bits per heavy atom. The predicted octanol–water partition coefficient (Wildman–Crippen LogP) is 2.65. The zero-order valence-corrected chi connectivity index (χ0v) is 13.6. The van der Waals surface area contributed by atoms with Gasteiger partial charge in [0, 0.05) is 20.2 Å². The fraction of sp³-hybridized carbons (Fsp3) is 0.562. The van der Waals surface area contributed by atoms with Gasteiger partial charge in [-0.1, -0.05) is 12.1 Å². The summed E-state index contributed by atoms with van der Waals surface area (Å²) >= 11 is 0. The van der Waals surface area contributed by atoms with Gasteiger partial charge < -0.3 is 19.7 Å². The summed E-state index contributed by atoms with van der Waals surface area (Å²) in [7, 11) is 1.57. The summed E-state index contributed by atoms with van der Waals surface area (Å²) in [6.45, 7) is 3.30. The van der Waals surface area contributed by atoms with Crippen molar-refractivity contribution in [2.24, 2.45) is 0 Å². The van der Waals surface area contributed by atoms with E-state index in [1.807, 2.05) is 6.92 Å². The number of nitrogens with zero attached hydrogens (tertiary/aromatic N) is 1. The number of morpholine rings is 1. The van der Waals surface area contributed by atoms with E-state index >= 15 is 0 Å². The molecule has 1 aliphatic heterocycles. The molecule has 24 heavy (non-hydrogen) atoms. The smallest absolute Gasteiger partial charge is 0.382 e. The van der Waals surface area contributed by atoms with Gasteiger partial charge >= 0.3 is 12.2 Å². The van der Waals surface area contributed by atoms with E-state index in [0.29, 0.717) is 25.3 Å². The fourth-order valence-electron chi connectivity index (χ4n) is 2.59. The Hall–Kier alpha value is -1.80. The first kappa shape index (κ1) is 18.5. The highest BCUT2D eigenvalue weighted by Gasteiger charge is 2.30. The number of ether oxygens (including phenoxy) is 2. The van der Waals surface area contributed by atoms with Crippen LogP contribution in [-0.4, -0.2) is 49.9 Å². The maximum Gasteiger partial charge on any atom is 0.416 e. The highest BCUT2D eigenvalue weighted by molar-refractivity contribution is 5.74. The van der Waals surface area contributed by atoms with Gasteiger partial charge in [0.25, 0.3) is 0 Å². The molecule has 1 aliphatic rings. The van der Waals surface area contributed by atoms with Crippen LogP contribution in [0.4, 0.5) is 18.0 Å². The van der Waals surface area contributed by atoms with Gasteiger partial charge in [0.2, 0.25) is 0 Å². The van der Waals surface area contributed by atoms with Crippen LogP contribution in [0, 0.1) is 0 Å². The van der Waals surface area contributed by atoms with Crippen molar-refractivity contribution in [1.82, 2.24) is 10.2 Å². The molecule has 1 N–H and O–H groups in total. The van der Waals surface area contributed by atoms with Gasteiger partial charge in [-0.15, -0.1) is 0 Å². The van der Waals surface area contributed by atoms with Crippen molar-refractivity contribution >= 4 is 6.03 Å². The van der Waals surface area contributed by atoms with Crippen LogP contribution >= 0.6 is 0 Å². The summed E-state index contributed by atoms with van der Waals surface area (Å²) in [6.07, 6.45) is -4.64. The Balaban J connectivity index is 1.88. The molecule has 0 bridgehead atoms. The lowest BCUT2D eigenvalue weighted by atomic mass is 10.1. The third-order valence-electron chi connectivity index (χ3n) is 3.69. The molecule has 1 aromatic rings. The molecular formula is C16H21F3N2O3. The molecule has 0 radical (unpaired) electrons. The largest absolute Gasteiger partial charge is 0.416 e. The monoisotopic (exact) mass is 346 g/mol. The van der Waals surface area contributed by atoms with E-state index in [1.165, 1.54) is 12.1 Å². The number of amides is 2. The molecule has 1 saturated heterocycles. The van der Waals surface area contributed by atoms with E-state index in [-0.39, 0.29) is 24.8 Å². The van der Waals surface area contributed by atoms with Crippen molar-refractivity contribution in [3.63, 3.8) is 0 Å². The van der Waals surface area contributed by atoms with Gasteiger partial charge in [-0.3, -0.25) is 0 Å². The van der Waals surface area contributed by atoms with Gasteiger partial charge in [-0.25, -0.2) is 4.79 Å². The van der Waals surface area contributed by atoms with E-state index < -0.39 is 11.7 Å². The Morgan fingerprint density at radius 2 is 2.00 bits per heavy atom. The van der Waals surface area contributed by atoms with Crippen LogP contribution in [0.15, 0.2) is 24.3 Å². The molecule has 1 fully saturated rings. The number of carbonyl (C=O) groups excluding carboxylic acids is 1. The van der Waals surface area contributed by atoms with Crippen LogP contribution in [0.1, 0.15) is 18.1 Å². The number of hydrogen-bond donors (Lipinski definition) is 1. The minimum atomic E-state index is -4.36. The zero-order chi connectivity index (χ0) is 17.7. The van der Waals surface area contributed by atoms with Gasteiger partial charge in [-0.05, 0) is 24.6 Å². The zero-order valence-electron chi connectivity index (χ0n) is 13.6. The summed E-state index contributed by atoms with van der Waals surface area (Å²) in [6, 6.07) is 4.46. The molecule has 1 heterocycles. The Kier molecular flexibility index (Phi) is 6.06. The lowest BCUT2D eigenvalue weighted by Crippen LogP contribution is -2.53. The van der Waals surface area contributed by atoms with E-state index in [1.54, 1.807) is 12.0 Å². The van der Waals surface area contributed by atoms with E-state index in [2.05, 4.69) is 5.32 Å². The summed E-state index contributed by atoms with van der Waals surface area (Å²) < 4.78 is 48.3. The van der Waals surface area contributed by atoms with Gasteiger partial charge in [0.15, 0.2) is 0 Å². The lowest BCUT2D eigenvalue weighted by molar-refractivity contribution is -0.137. The third-order valence-corrected chi connectivity index (χ3v) is 3.69. The lowest BCUT2D eigenvalue weighted by Gasteiger charge is -2.36. The highest BCUT2D eigenvalue weighted by atomic mass is 19.4. The van der Waals surface area contributed by atoms with Gasteiger partial charge in [0.1, 0.15) is 0 Å². The number of carbonyl (C=O) groups is 1. The normalized spacial score (nSPS) is 21.6. The summed E-state index contributed by atoms with van der Waals surface area (Å²) in [4.78, 5) is 13.9. The minimum absolute atomic E-state index is 0.101. The van der Waals surface area contributed by atoms with Crippen LogP contribution < -0.4 is 5.32 Å². The predicted molar refractivity (Wildman–Crippen MR) is 81.5 cm³/mol. The molecule has 134 valence electrons. The molecule has 0 spiro atoms. The molecule has 0 aromatic heterocycles. The topological polar surface area (TPSA) is 50.8 Å². The second-order valence-electron chi connectivity index (χ2n) is 5.78. The number of rotatable bonds is 4. The molecule has 5 nitrogen and oxygen atoms in total. The molecule has 0 saturated carbocycles. The number of benzene rings is 1. The first-order valence-corrected chi connectivity index (χ1v) is 7.63. The van der Waals surface area contributed by atoms with Crippen LogP contribution in [0.5, 0.6) is 0 Å². The Labute approximate surface area is 138 Å². The van der Waals surface area contributed by atoms with Crippen LogP contribution in [-0.2, 0) is 22.2 Å². The van der Waals surface area contributed by atoms with Crippen molar-refractivity contribution in [2.75, 3.05) is 26.8 Å². The average Bonchev–Trinajstić information content (AvgIpc) is 2.52. The molecular weight excluding hydrogens is 325 g/mol. The van der Waals surface area contributed by atoms with Crippen LogP contribution in [0.2, 0.25) is 0 Å². The second kappa shape index (κ2) is 7.85. The van der Waals surface area contributed by atoms with Crippen LogP contribution in [0.3, 0.4) is 0 Å². The standard InChI is InChI=1S/C16H21F3N2O3/c1-11-8-21(9-14(24-11)10-23-2)15(22)20-7-12-3-5-13(6-4-12)16(17,18)19/h3-6,11,14H,7-10H2,1-2H3,(H,20,22)/t11-,14-/m1/s1. The fourth-order valence-corrected chi connectivity index (χ4v) is 2.59. The molecule has 2 amide bonds. The average molecular weight is 346 g/mol.